The monoisotopic (exact) mass is 465 g/mol. The number of halogens is 1. The third-order valence-corrected chi connectivity index (χ3v) is 5.58. The van der Waals surface area contributed by atoms with Gasteiger partial charge < -0.3 is 14.6 Å². The number of amides is 1. The summed E-state index contributed by atoms with van der Waals surface area (Å²) in [6.45, 7) is 2.34. The molecule has 2 heterocycles. The van der Waals surface area contributed by atoms with Gasteiger partial charge >= 0.3 is 12.1 Å². The number of hydrogen-bond donors (Lipinski definition) is 1. The van der Waals surface area contributed by atoms with Crippen LogP contribution in [0.3, 0.4) is 0 Å². The van der Waals surface area contributed by atoms with Crippen molar-refractivity contribution in [2.75, 3.05) is 13.2 Å². The minimum atomic E-state index is -0.981. The van der Waals surface area contributed by atoms with Crippen molar-refractivity contribution in [3.63, 3.8) is 0 Å². The number of ether oxygens (including phenoxy) is 2. The number of hydrogen-bond acceptors (Lipinski definition) is 6. The lowest BCUT2D eigenvalue weighted by molar-refractivity contribution is -0.136. The van der Waals surface area contributed by atoms with Crippen LogP contribution in [0.4, 0.5) is 9.18 Å². The van der Waals surface area contributed by atoms with Crippen LogP contribution in [0.15, 0.2) is 55.0 Å². The number of benzene rings is 2. The predicted molar refractivity (Wildman–Crippen MR) is 120 cm³/mol. The number of carboxylic acids is 1. The van der Waals surface area contributed by atoms with Crippen LogP contribution in [-0.2, 0) is 29.0 Å². The Morgan fingerprint density at radius 1 is 1.21 bits per heavy atom. The summed E-state index contributed by atoms with van der Waals surface area (Å²) in [4.78, 5) is 34.1. The normalized spacial score (nSPS) is 14.9. The van der Waals surface area contributed by atoms with Crippen molar-refractivity contribution in [3.05, 3.63) is 88.8 Å². The molecule has 3 aromatic rings. The van der Waals surface area contributed by atoms with E-state index in [-0.39, 0.29) is 25.4 Å². The first-order chi connectivity index (χ1) is 16.5. The molecule has 1 N–H and O–H groups in total. The third-order valence-electron chi connectivity index (χ3n) is 5.58. The molecule has 0 spiro atoms. The Balaban J connectivity index is 1.76. The molecule has 0 saturated carbocycles. The quantitative estimate of drug-likeness (QED) is 0.564. The zero-order valence-electron chi connectivity index (χ0n) is 18.6. The molecule has 1 unspecified atom stereocenters. The van der Waals surface area contributed by atoms with Gasteiger partial charge in [0.2, 0.25) is 0 Å². The van der Waals surface area contributed by atoms with E-state index in [1.807, 2.05) is 6.92 Å². The molecule has 0 saturated heterocycles. The van der Waals surface area contributed by atoms with Crippen molar-refractivity contribution >= 4 is 12.1 Å². The number of aromatic nitrogens is 2. The summed E-state index contributed by atoms with van der Waals surface area (Å²) in [5.41, 5.74) is 2.73. The molecule has 1 aliphatic rings. The number of carbonyl (C=O) groups is 2. The number of carboxylic acid groups (broad SMARTS) is 1. The van der Waals surface area contributed by atoms with Crippen molar-refractivity contribution in [3.8, 4) is 5.75 Å². The van der Waals surface area contributed by atoms with Crippen molar-refractivity contribution in [2.45, 2.75) is 32.4 Å². The second-order valence-corrected chi connectivity index (χ2v) is 7.78. The van der Waals surface area contributed by atoms with Crippen LogP contribution in [0.2, 0.25) is 0 Å². The van der Waals surface area contributed by atoms with Gasteiger partial charge in [-0.25, -0.2) is 9.18 Å². The van der Waals surface area contributed by atoms with E-state index >= 15 is 0 Å². The highest BCUT2D eigenvalue weighted by Gasteiger charge is 2.36. The van der Waals surface area contributed by atoms with E-state index < -0.39 is 18.1 Å². The number of nitrogens with zero attached hydrogens (tertiary/aromatic N) is 3. The van der Waals surface area contributed by atoms with Gasteiger partial charge in [0.25, 0.3) is 0 Å². The first-order valence-corrected chi connectivity index (χ1v) is 10.9. The van der Waals surface area contributed by atoms with Crippen molar-refractivity contribution in [1.82, 2.24) is 14.9 Å². The van der Waals surface area contributed by atoms with Crippen molar-refractivity contribution < 1.29 is 28.6 Å². The Kier molecular flexibility index (Phi) is 7.01. The van der Waals surface area contributed by atoms with Gasteiger partial charge in [0.05, 0.1) is 31.0 Å². The molecule has 1 aliphatic heterocycles. The van der Waals surface area contributed by atoms with Gasteiger partial charge in [0, 0.05) is 24.5 Å². The van der Waals surface area contributed by atoms with Crippen molar-refractivity contribution in [2.24, 2.45) is 0 Å². The molecule has 176 valence electrons. The van der Waals surface area contributed by atoms with Crippen LogP contribution in [0.25, 0.3) is 0 Å². The molecule has 8 nitrogen and oxygen atoms in total. The summed E-state index contributed by atoms with van der Waals surface area (Å²) in [6.07, 6.45) is 4.06. The molecule has 2 aromatic carbocycles. The molecule has 9 heteroatoms. The molecule has 4 rings (SSSR count). The Bertz CT molecular complexity index is 1190. The third kappa shape index (κ3) is 4.98. The smallest absolute Gasteiger partial charge is 0.410 e. The Morgan fingerprint density at radius 3 is 2.79 bits per heavy atom. The maximum Gasteiger partial charge on any atom is 0.410 e. The molecule has 0 bridgehead atoms. The average molecular weight is 465 g/mol. The van der Waals surface area contributed by atoms with E-state index in [1.165, 1.54) is 29.6 Å². The number of fused-ring (bicyclic) bond motifs is 1. The fraction of sp³-hybridized carbons (Fsp3) is 0.280. The summed E-state index contributed by atoms with van der Waals surface area (Å²) < 4.78 is 26.0. The van der Waals surface area contributed by atoms with E-state index in [1.54, 1.807) is 30.3 Å². The standard InChI is InChI=1S/C25H24FN3O5/c1-2-33-22-7-6-16(13-23(30)31)12-20(22)24-19-4-3-5-21(26)18(19)8-11-29(24)25(32)34-15-17-14-27-9-10-28-17/h3-7,9-10,12,14,24H,2,8,11,13,15H2,1H3,(H,30,31). The maximum absolute atomic E-state index is 14.7. The maximum atomic E-state index is 14.7. The highest BCUT2D eigenvalue weighted by atomic mass is 19.1. The van der Waals surface area contributed by atoms with Crippen LogP contribution in [0, 0.1) is 5.82 Å². The van der Waals surface area contributed by atoms with Gasteiger partial charge in [-0.15, -0.1) is 0 Å². The Hall–Kier alpha value is -4.01. The highest BCUT2D eigenvalue weighted by Crippen LogP contribution is 2.41. The van der Waals surface area contributed by atoms with Crippen LogP contribution < -0.4 is 4.74 Å². The van der Waals surface area contributed by atoms with Crippen LogP contribution >= 0.6 is 0 Å². The van der Waals surface area contributed by atoms with Crippen LogP contribution in [-0.4, -0.2) is 45.2 Å². The van der Waals surface area contributed by atoms with E-state index in [0.29, 0.717) is 46.7 Å². The fourth-order valence-electron chi connectivity index (χ4n) is 4.16. The largest absolute Gasteiger partial charge is 0.494 e. The first-order valence-electron chi connectivity index (χ1n) is 10.9. The van der Waals surface area contributed by atoms with Crippen molar-refractivity contribution in [1.29, 1.82) is 0 Å². The molecule has 1 atom stereocenters. The number of aliphatic carboxylic acids is 1. The van der Waals surface area contributed by atoms with E-state index in [2.05, 4.69) is 9.97 Å². The van der Waals surface area contributed by atoms with Gasteiger partial charge in [-0.05, 0) is 48.2 Å². The van der Waals surface area contributed by atoms with Gasteiger partial charge in [0.15, 0.2) is 0 Å². The van der Waals surface area contributed by atoms with E-state index in [9.17, 15) is 19.1 Å². The molecule has 1 amide bonds. The minimum absolute atomic E-state index is 0.0662. The lowest BCUT2D eigenvalue weighted by Crippen LogP contribution is -2.41. The number of carbonyl (C=O) groups excluding carboxylic acids is 1. The molecular formula is C25H24FN3O5. The fourth-order valence-corrected chi connectivity index (χ4v) is 4.16. The van der Waals surface area contributed by atoms with Gasteiger partial charge in [-0.2, -0.15) is 0 Å². The average Bonchev–Trinajstić information content (AvgIpc) is 2.83. The summed E-state index contributed by atoms with van der Waals surface area (Å²) in [6, 6.07) is 9.10. The molecule has 0 fully saturated rings. The van der Waals surface area contributed by atoms with E-state index in [0.717, 1.165) is 0 Å². The first kappa shape index (κ1) is 23.2. The van der Waals surface area contributed by atoms with Crippen LogP contribution in [0.1, 0.15) is 40.9 Å². The predicted octanol–water partition coefficient (Wildman–Crippen LogP) is 3.93. The summed E-state index contributed by atoms with van der Waals surface area (Å²) in [5.74, 6) is -0.842. The molecular weight excluding hydrogens is 441 g/mol. The van der Waals surface area contributed by atoms with Crippen LogP contribution in [0.5, 0.6) is 5.75 Å². The Labute approximate surface area is 196 Å². The molecule has 34 heavy (non-hydrogen) atoms. The highest BCUT2D eigenvalue weighted by molar-refractivity contribution is 5.72. The number of rotatable bonds is 7. The van der Waals surface area contributed by atoms with E-state index in [4.69, 9.17) is 9.47 Å². The summed E-state index contributed by atoms with van der Waals surface area (Å²) in [5, 5.41) is 9.28. The SMILES string of the molecule is CCOc1ccc(CC(=O)O)cc1C1c2cccc(F)c2CCN1C(=O)OCc1cnccn1. The zero-order valence-corrected chi connectivity index (χ0v) is 18.6. The lowest BCUT2D eigenvalue weighted by Gasteiger charge is -2.37. The van der Waals surface area contributed by atoms with Gasteiger partial charge in [-0.1, -0.05) is 18.2 Å². The molecule has 0 aliphatic carbocycles. The zero-order chi connectivity index (χ0) is 24.1. The molecule has 0 radical (unpaired) electrons. The summed E-state index contributed by atoms with van der Waals surface area (Å²) in [7, 11) is 0. The topological polar surface area (TPSA) is 102 Å². The summed E-state index contributed by atoms with van der Waals surface area (Å²) >= 11 is 0. The lowest BCUT2D eigenvalue weighted by atomic mass is 9.87. The minimum Gasteiger partial charge on any atom is -0.494 e. The van der Waals surface area contributed by atoms with Gasteiger partial charge in [-0.3, -0.25) is 19.7 Å². The molecule has 1 aromatic heterocycles. The second kappa shape index (κ2) is 10.3. The van der Waals surface area contributed by atoms with Gasteiger partial charge in [0.1, 0.15) is 18.2 Å². The Morgan fingerprint density at radius 2 is 2.06 bits per heavy atom. The second-order valence-electron chi connectivity index (χ2n) is 7.78.